The summed E-state index contributed by atoms with van der Waals surface area (Å²) in [7, 11) is 0.00280. The van der Waals surface area contributed by atoms with Crippen molar-refractivity contribution < 1.29 is 27.1 Å². The van der Waals surface area contributed by atoms with Gasteiger partial charge >= 0.3 is 0 Å². The zero-order chi connectivity index (χ0) is 32.2. The van der Waals surface area contributed by atoms with Gasteiger partial charge in [-0.1, -0.05) is 18.6 Å². The number of rotatable bonds is 10. The van der Waals surface area contributed by atoms with Gasteiger partial charge in [-0.25, -0.2) is 12.8 Å². The lowest BCUT2D eigenvalue weighted by Crippen LogP contribution is -2.59. The maximum Gasteiger partial charge on any atom is 0.248 e. The molecule has 2 aromatic carbocycles. The van der Waals surface area contributed by atoms with Gasteiger partial charge in [0.25, 0.3) is 0 Å². The fourth-order valence-corrected chi connectivity index (χ4v) is 9.67. The standard InChI is InChI=1S/C34H49FN4O5S/c1-26-22-31(43-4)23-27(2)33(26)45(41,42)39-14-6-5-10-30(39)11-21-44-25-32(40)37-15-12-34(13-16-37,28-8-7-9-29(35)24-28)38-19-17-36(3)18-20-38/h7-9,22-24,30H,5-6,10-21,25H2,1-4H3. The first-order chi connectivity index (χ1) is 21.5. The minimum absolute atomic E-state index is 0.0301. The number of likely N-dealkylation sites (tertiary alicyclic amines) is 1. The third-order valence-corrected chi connectivity index (χ3v) is 12.3. The molecule has 3 aliphatic rings. The van der Waals surface area contributed by atoms with Crippen LogP contribution in [0.2, 0.25) is 0 Å². The summed E-state index contributed by atoms with van der Waals surface area (Å²) in [5.41, 5.74) is 2.04. The molecule has 0 N–H and O–H groups in total. The number of carbonyl (C=O) groups is 1. The van der Waals surface area contributed by atoms with E-state index in [0.29, 0.717) is 54.4 Å². The molecule has 0 bridgehead atoms. The first-order valence-corrected chi connectivity index (χ1v) is 17.7. The molecule has 0 spiro atoms. The molecule has 3 fully saturated rings. The van der Waals surface area contributed by atoms with Crippen LogP contribution in [0.4, 0.5) is 4.39 Å². The molecule has 1 unspecified atom stereocenters. The fraction of sp³-hybridized carbons (Fsp3) is 0.618. The van der Waals surface area contributed by atoms with Gasteiger partial charge in [-0.2, -0.15) is 4.31 Å². The molecule has 0 radical (unpaired) electrons. The summed E-state index contributed by atoms with van der Waals surface area (Å²) in [5.74, 6) is 0.357. The van der Waals surface area contributed by atoms with E-state index in [1.165, 1.54) is 6.07 Å². The van der Waals surface area contributed by atoms with Crippen molar-refractivity contribution in [3.05, 3.63) is 58.9 Å². The van der Waals surface area contributed by atoms with Gasteiger partial charge in [-0.15, -0.1) is 0 Å². The van der Waals surface area contributed by atoms with Crippen LogP contribution < -0.4 is 4.74 Å². The van der Waals surface area contributed by atoms with E-state index < -0.39 is 10.0 Å². The maximum absolute atomic E-state index is 14.3. The Kier molecular flexibility index (Phi) is 10.9. The Bertz CT molecular complexity index is 1410. The van der Waals surface area contributed by atoms with Crippen LogP contribution in [0.3, 0.4) is 0 Å². The third kappa shape index (κ3) is 7.38. The number of carbonyl (C=O) groups excluding carboxylic acids is 1. The number of likely N-dealkylation sites (N-methyl/N-ethyl adjacent to an activating group) is 1. The lowest BCUT2D eigenvalue weighted by molar-refractivity contribution is -0.139. The predicted molar refractivity (Wildman–Crippen MR) is 172 cm³/mol. The molecule has 1 atom stereocenters. The smallest absolute Gasteiger partial charge is 0.248 e. The molecule has 3 heterocycles. The van der Waals surface area contributed by atoms with Gasteiger partial charge in [0.15, 0.2) is 0 Å². The third-order valence-electron chi connectivity index (χ3n) is 10.0. The Balaban J connectivity index is 1.17. The zero-order valence-electron chi connectivity index (χ0n) is 27.3. The molecule has 2 aromatic rings. The highest BCUT2D eigenvalue weighted by Gasteiger charge is 2.43. The van der Waals surface area contributed by atoms with E-state index in [0.717, 1.165) is 63.8 Å². The number of halogens is 1. The van der Waals surface area contributed by atoms with Crippen LogP contribution in [-0.2, 0) is 25.1 Å². The number of ether oxygens (including phenoxy) is 2. The number of aryl methyl sites for hydroxylation is 2. The van der Waals surface area contributed by atoms with Crippen molar-refractivity contribution in [3.63, 3.8) is 0 Å². The highest BCUT2D eigenvalue weighted by Crippen LogP contribution is 2.40. The van der Waals surface area contributed by atoms with Gasteiger partial charge in [0.05, 0.1) is 12.0 Å². The first-order valence-electron chi connectivity index (χ1n) is 16.3. The summed E-state index contributed by atoms with van der Waals surface area (Å²) < 4.78 is 54.9. The summed E-state index contributed by atoms with van der Waals surface area (Å²) in [6.45, 7) is 9.30. The highest BCUT2D eigenvalue weighted by atomic mass is 32.2. The molecule has 0 aliphatic carbocycles. The van der Waals surface area contributed by atoms with Crippen molar-refractivity contribution in [2.24, 2.45) is 0 Å². The van der Waals surface area contributed by atoms with Crippen LogP contribution in [0.25, 0.3) is 0 Å². The Morgan fingerprint density at radius 3 is 2.31 bits per heavy atom. The molecule has 45 heavy (non-hydrogen) atoms. The zero-order valence-corrected chi connectivity index (χ0v) is 28.1. The van der Waals surface area contributed by atoms with Crippen molar-refractivity contribution in [2.75, 3.05) is 73.2 Å². The van der Waals surface area contributed by atoms with E-state index >= 15 is 0 Å². The topological polar surface area (TPSA) is 82.6 Å². The molecule has 248 valence electrons. The van der Waals surface area contributed by atoms with Gasteiger partial charge in [-0.05, 0) is 94.0 Å². The van der Waals surface area contributed by atoms with E-state index in [1.54, 1.807) is 35.7 Å². The number of amides is 1. The second-order valence-corrected chi connectivity index (χ2v) is 14.7. The molecule has 5 rings (SSSR count). The van der Waals surface area contributed by atoms with Crippen molar-refractivity contribution in [3.8, 4) is 5.75 Å². The number of methoxy groups -OCH3 is 1. The Morgan fingerprint density at radius 1 is 0.978 bits per heavy atom. The Labute approximate surface area is 268 Å². The van der Waals surface area contributed by atoms with Crippen molar-refractivity contribution in [1.29, 1.82) is 0 Å². The van der Waals surface area contributed by atoms with Gasteiger partial charge in [0.1, 0.15) is 18.2 Å². The summed E-state index contributed by atoms with van der Waals surface area (Å²) in [4.78, 5) is 20.2. The Morgan fingerprint density at radius 2 is 1.67 bits per heavy atom. The molecule has 1 amide bonds. The van der Waals surface area contributed by atoms with E-state index in [4.69, 9.17) is 9.47 Å². The largest absolute Gasteiger partial charge is 0.497 e. The number of hydrogen-bond donors (Lipinski definition) is 0. The van der Waals surface area contributed by atoms with Crippen LogP contribution in [0.15, 0.2) is 41.3 Å². The second-order valence-electron chi connectivity index (χ2n) is 12.9. The molecule has 3 aliphatic heterocycles. The number of hydrogen-bond acceptors (Lipinski definition) is 7. The normalized spacial score (nSPS) is 22.0. The first kappa shape index (κ1) is 33.8. The minimum atomic E-state index is -3.70. The average molecular weight is 645 g/mol. The number of piperidine rings is 2. The summed E-state index contributed by atoms with van der Waals surface area (Å²) in [6.07, 6.45) is 4.57. The van der Waals surface area contributed by atoms with Gasteiger partial charge in [0, 0.05) is 64.0 Å². The molecular weight excluding hydrogens is 595 g/mol. The fourth-order valence-electron chi connectivity index (χ4n) is 7.53. The van der Waals surface area contributed by atoms with Crippen molar-refractivity contribution in [2.45, 2.75) is 68.8 Å². The Hall–Kier alpha value is -2.57. The molecule has 0 saturated carbocycles. The number of benzene rings is 2. The van der Waals surface area contributed by atoms with Gasteiger partial charge in [0.2, 0.25) is 15.9 Å². The van der Waals surface area contributed by atoms with E-state index in [1.807, 2.05) is 24.8 Å². The van der Waals surface area contributed by atoms with Crippen LogP contribution in [0.5, 0.6) is 5.75 Å². The summed E-state index contributed by atoms with van der Waals surface area (Å²) in [6, 6.07) is 10.3. The summed E-state index contributed by atoms with van der Waals surface area (Å²) in [5, 5.41) is 0. The van der Waals surface area contributed by atoms with Crippen molar-refractivity contribution in [1.82, 2.24) is 19.0 Å². The number of piperazine rings is 1. The lowest BCUT2D eigenvalue weighted by atomic mass is 9.78. The monoisotopic (exact) mass is 644 g/mol. The van der Waals surface area contributed by atoms with Gasteiger partial charge in [-0.3, -0.25) is 9.69 Å². The van der Waals surface area contributed by atoms with E-state index in [-0.39, 0.29) is 29.9 Å². The lowest BCUT2D eigenvalue weighted by Gasteiger charge is -2.51. The van der Waals surface area contributed by atoms with Crippen LogP contribution in [0.1, 0.15) is 55.2 Å². The molecular formula is C34H49FN4O5S. The number of nitrogens with zero attached hydrogens (tertiary/aromatic N) is 4. The molecule has 0 aromatic heterocycles. The van der Waals surface area contributed by atoms with E-state index in [9.17, 15) is 17.6 Å². The molecule has 3 saturated heterocycles. The maximum atomic E-state index is 14.3. The average Bonchev–Trinajstić information content (AvgIpc) is 3.03. The van der Waals surface area contributed by atoms with Gasteiger partial charge < -0.3 is 19.3 Å². The molecule has 11 heteroatoms. The van der Waals surface area contributed by atoms with Crippen LogP contribution in [-0.4, -0.2) is 113 Å². The van der Waals surface area contributed by atoms with Crippen LogP contribution in [0, 0.1) is 19.7 Å². The van der Waals surface area contributed by atoms with Crippen LogP contribution >= 0.6 is 0 Å². The van der Waals surface area contributed by atoms with E-state index in [2.05, 4.69) is 16.8 Å². The highest BCUT2D eigenvalue weighted by molar-refractivity contribution is 7.89. The van der Waals surface area contributed by atoms with Crippen molar-refractivity contribution >= 4 is 15.9 Å². The number of sulfonamides is 1. The summed E-state index contributed by atoms with van der Waals surface area (Å²) >= 11 is 0. The molecule has 9 nitrogen and oxygen atoms in total. The SMILES string of the molecule is COc1cc(C)c(S(=O)(=O)N2CCCCC2CCOCC(=O)N2CCC(c3cccc(F)c3)(N3CCN(C)CC3)CC2)c(C)c1. The predicted octanol–water partition coefficient (Wildman–Crippen LogP) is 4.17. The minimum Gasteiger partial charge on any atom is -0.497 e. The second kappa shape index (κ2) is 14.5. The quantitative estimate of drug-likeness (QED) is 0.360.